The molecule has 0 aliphatic carbocycles. The third kappa shape index (κ3) is 4.55. The van der Waals surface area contributed by atoms with Gasteiger partial charge in [0.15, 0.2) is 6.10 Å². The molecule has 2 aromatic heterocycles. The van der Waals surface area contributed by atoms with Crippen molar-refractivity contribution in [1.82, 2.24) is 13.9 Å². The van der Waals surface area contributed by atoms with Crippen LogP contribution in [0.1, 0.15) is 34.4 Å². The van der Waals surface area contributed by atoms with Gasteiger partial charge in [0.05, 0.1) is 16.9 Å². The Hall–Kier alpha value is -4.33. The monoisotopic (exact) mass is 472 g/mol. The van der Waals surface area contributed by atoms with Crippen molar-refractivity contribution >= 4 is 17.6 Å². The highest BCUT2D eigenvalue weighted by Gasteiger charge is 2.23. The van der Waals surface area contributed by atoms with E-state index in [-0.39, 0.29) is 11.2 Å². The van der Waals surface area contributed by atoms with Crippen LogP contribution in [-0.4, -0.2) is 31.9 Å². The molecule has 1 amide bonds. The minimum absolute atomic E-state index is 0.145. The van der Waals surface area contributed by atoms with Crippen molar-refractivity contribution in [3.63, 3.8) is 0 Å². The van der Waals surface area contributed by atoms with Gasteiger partial charge >= 0.3 is 5.97 Å². The summed E-state index contributed by atoms with van der Waals surface area (Å²) in [5.74, 6) is -1.20. The fourth-order valence-electron chi connectivity index (χ4n) is 4.04. The van der Waals surface area contributed by atoms with Crippen LogP contribution in [0.25, 0.3) is 11.4 Å². The summed E-state index contributed by atoms with van der Waals surface area (Å²) in [4.78, 5) is 38.4. The van der Waals surface area contributed by atoms with E-state index in [0.29, 0.717) is 16.9 Å². The number of benzene rings is 2. The van der Waals surface area contributed by atoms with Crippen molar-refractivity contribution in [3.05, 3.63) is 99.7 Å². The Morgan fingerprint density at radius 3 is 2.06 bits per heavy atom. The molecule has 35 heavy (non-hydrogen) atoms. The summed E-state index contributed by atoms with van der Waals surface area (Å²) in [5.41, 5.74) is 4.48. The Morgan fingerprint density at radius 2 is 1.46 bits per heavy atom. The Kier molecular flexibility index (Phi) is 6.46. The van der Waals surface area contributed by atoms with Crippen LogP contribution in [0.5, 0.6) is 0 Å². The normalized spacial score (nSPS) is 11.8. The van der Waals surface area contributed by atoms with Gasteiger partial charge in [0.1, 0.15) is 5.69 Å². The van der Waals surface area contributed by atoms with Crippen molar-refractivity contribution in [2.45, 2.75) is 33.8 Å². The van der Waals surface area contributed by atoms with Gasteiger partial charge in [-0.1, -0.05) is 18.2 Å². The van der Waals surface area contributed by atoms with Gasteiger partial charge in [0.2, 0.25) is 0 Å². The van der Waals surface area contributed by atoms with E-state index in [1.807, 2.05) is 56.3 Å². The molecule has 0 fully saturated rings. The molecule has 0 bridgehead atoms. The second-order valence-electron chi connectivity index (χ2n) is 8.47. The molecule has 4 rings (SSSR count). The second-order valence-corrected chi connectivity index (χ2v) is 8.47. The first-order valence-corrected chi connectivity index (χ1v) is 11.3. The lowest BCUT2D eigenvalue weighted by molar-refractivity contribution is -0.123. The van der Waals surface area contributed by atoms with Crippen molar-refractivity contribution in [2.75, 3.05) is 5.32 Å². The second kappa shape index (κ2) is 9.50. The summed E-state index contributed by atoms with van der Waals surface area (Å²) >= 11 is 0. The first-order chi connectivity index (χ1) is 16.7. The minimum Gasteiger partial charge on any atom is -0.449 e. The third-order valence-corrected chi connectivity index (χ3v) is 6.09. The molecule has 0 aliphatic rings. The molecule has 2 aromatic carbocycles. The number of nitrogens with one attached hydrogen (secondary N) is 1. The Labute approximate surface area is 203 Å². The third-order valence-electron chi connectivity index (χ3n) is 6.09. The van der Waals surface area contributed by atoms with Crippen molar-refractivity contribution in [3.8, 4) is 11.4 Å². The standard InChI is InChI=1S/C27H28N4O4/c1-17-11-12-18(2)30(17)22-15-13-21(14-16-22)27(34)35-20(4)25(32)28-24-19(3)29(5)31(26(24)33)23-9-7-6-8-10-23/h6-16,20H,1-5H3,(H,28,32). The fourth-order valence-corrected chi connectivity index (χ4v) is 4.04. The van der Waals surface area contributed by atoms with E-state index in [9.17, 15) is 14.4 Å². The van der Waals surface area contributed by atoms with Crippen molar-refractivity contribution < 1.29 is 14.3 Å². The van der Waals surface area contributed by atoms with Gasteiger partial charge in [-0.15, -0.1) is 0 Å². The maximum absolute atomic E-state index is 13.0. The smallest absolute Gasteiger partial charge is 0.338 e. The number of hydrogen-bond donors (Lipinski definition) is 1. The van der Waals surface area contributed by atoms with E-state index in [4.69, 9.17) is 4.74 Å². The number of rotatable bonds is 6. The molecular weight excluding hydrogens is 444 g/mol. The zero-order valence-electron chi connectivity index (χ0n) is 20.4. The number of para-hydroxylation sites is 1. The van der Waals surface area contributed by atoms with Gasteiger partial charge in [-0.05, 0) is 76.2 Å². The number of nitrogens with zero attached hydrogens (tertiary/aromatic N) is 3. The summed E-state index contributed by atoms with van der Waals surface area (Å²) in [6, 6.07) is 20.2. The van der Waals surface area contributed by atoms with Gasteiger partial charge in [-0.2, -0.15) is 0 Å². The average Bonchev–Trinajstić information content (AvgIpc) is 3.29. The molecule has 0 saturated carbocycles. The highest BCUT2D eigenvalue weighted by atomic mass is 16.5. The summed E-state index contributed by atoms with van der Waals surface area (Å²) in [6.45, 7) is 7.24. The molecule has 1 atom stereocenters. The summed E-state index contributed by atoms with van der Waals surface area (Å²) < 4.78 is 10.6. The molecule has 8 heteroatoms. The average molecular weight is 473 g/mol. The van der Waals surface area contributed by atoms with E-state index in [1.54, 1.807) is 42.9 Å². The van der Waals surface area contributed by atoms with E-state index >= 15 is 0 Å². The maximum atomic E-state index is 13.0. The lowest BCUT2D eigenvalue weighted by Crippen LogP contribution is -2.32. The fraction of sp³-hybridized carbons (Fsp3) is 0.222. The van der Waals surface area contributed by atoms with Crippen LogP contribution in [0.4, 0.5) is 5.69 Å². The van der Waals surface area contributed by atoms with Crippen LogP contribution in [0.2, 0.25) is 0 Å². The van der Waals surface area contributed by atoms with Crippen LogP contribution in [0, 0.1) is 20.8 Å². The molecule has 4 aromatic rings. The van der Waals surface area contributed by atoms with Crippen LogP contribution < -0.4 is 10.9 Å². The van der Waals surface area contributed by atoms with Gasteiger partial charge in [-0.3, -0.25) is 14.3 Å². The number of aromatic nitrogens is 3. The van der Waals surface area contributed by atoms with E-state index < -0.39 is 18.0 Å². The van der Waals surface area contributed by atoms with Gasteiger partial charge in [0, 0.05) is 24.1 Å². The molecule has 0 saturated heterocycles. The van der Waals surface area contributed by atoms with Gasteiger partial charge < -0.3 is 14.6 Å². The largest absolute Gasteiger partial charge is 0.449 e. The molecule has 1 unspecified atom stereocenters. The first kappa shape index (κ1) is 23.8. The zero-order chi connectivity index (χ0) is 25.3. The summed E-state index contributed by atoms with van der Waals surface area (Å²) in [5, 5.41) is 2.63. The number of aryl methyl sites for hydroxylation is 2. The predicted octanol–water partition coefficient (Wildman–Crippen LogP) is 4.08. The number of carbonyl (C=O) groups excluding carboxylic acids is 2. The zero-order valence-corrected chi connectivity index (χ0v) is 20.4. The minimum atomic E-state index is -1.10. The number of hydrogen-bond acceptors (Lipinski definition) is 4. The molecule has 8 nitrogen and oxygen atoms in total. The number of anilines is 1. The molecule has 2 heterocycles. The van der Waals surface area contributed by atoms with Gasteiger partial charge in [0.25, 0.3) is 11.5 Å². The van der Waals surface area contributed by atoms with Gasteiger partial charge in [-0.25, -0.2) is 9.48 Å². The maximum Gasteiger partial charge on any atom is 0.338 e. The Balaban J connectivity index is 1.47. The summed E-state index contributed by atoms with van der Waals surface area (Å²) in [7, 11) is 1.74. The molecule has 1 N–H and O–H groups in total. The molecule has 0 radical (unpaired) electrons. The molecule has 0 aliphatic heterocycles. The molecule has 0 spiro atoms. The number of ether oxygens (including phenoxy) is 1. The topological polar surface area (TPSA) is 87.3 Å². The van der Waals surface area contributed by atoms with Crippen LogP contribution in [0.3, 0.4) is 0 Å². The van der Waals surface area contributed by atoms with Crippen LogP contribution in [-0.2, 0) is 16.6 Å². The van der Waals surface area contributed by atoms with E-state index in [2.05, 4.69) is 9.88 Å². The van der Waals surface area contributed by atoms with Crippen molar-refractivity contribution in [1.29, 1.82) is 0 Å². The van der Waals surface area contributed by atoms with Crippen LogP contribution in [0.15, 0.2) is 71.5 Å². The first-order valence-electron chi connectivity index (χ1n) is 11.3. The summed E-state index contributed by atoms with van der Waals surface area (Å²) in [6.07, 6.45) is -1.10. The van der Waals surface area contributed by atoms with E-state index in [1.165, 1.54) is 11.6 Å². The Bertz CT molecular complexity index is 1420. The Morgan fingerprint density at radius 1 is 0.857 bits per heavy atom. The highest BCUT2D eigenvalue weighted by molar-refractivity contribution is 5.97. The lowest BCUT2D eigenvalue weighted by Gasteiger charge is -2.14. The predicted molar refractivity (Wildman–Crippen MR) is 134 cm³/mol. The van der Waals surface area contributed by atoms with Crippen molar-refractivity contribution in [2.24, 2.45) is 7.05 Å². The van der Waals surface area contributed by atoms with Crippen LogP contribution >= 0.6 is 0 Å². The molecule has 180 valence electrons. The quantitative estimate of drug-likeness (QED) is 0.429. The number of carbonyl (C=O) groups is 2. The number of esters is 1. The lowest BCUT2D eigenvalue weighted by atomic mass is 10.2. The highest BCUT2D eigenvalue weighted by Crippen LogP contribution is 2.18. The SMILES string of the molecule is Cc1ccc(C)n1-c1ccc(C(=O)OC(C)C(=O)Nc2c(C)n(C)n(-c3ccccc3)c2=O)cc1. The van der Waals surface area contributed by atoms with E-state index in [0.717, 1.165) is 17.1 Å². The number of amides is 1. The molecular formula is C27H28N4O4.